The monoisotopic (exact) mass is 295 g/mol. The maximum atomic E-state index is 9.34. The van der Waals surface area contributed by atoms with Crippen LogP contribution in [0.1, 0.15) is 11.5 Å². The Bertz CT molecular complexity index is 701. The third kappa shape index (κ3) is 3.48. The van der Waals surface area contributed by atoms with Gasteiger partial charge in [0, 0.05) is 23.5 Å². The maximum Gasteiger partial charge on any atom is 0.0885 e. The maximum absolute atomic E-state index is 9.34. The van der Waals surface area contributed by atoms with Crippen LogP contribution in [0.3, 0.4) is 0 Å². The lowest BCUT2D eigenvalue weighted by Gasteiger charge is -2.18. The van der Waals surface area contributed by atoms with Gasteiger partial charge >= 0.3 is 0 Å². The minimum absolute atomic E-state index is 0.313. The predicted molar refractivity (Wildman–Crippen MR) is 85.1 cm³/mol. The summed E-state index contributed by atoms with van der Waals surface area (Å²) in [7, 11) is 0. The molecule has 1 aromatic rings. The molecule has 0 saturated carbocycles. The van der Waals surface area contributed by atoms with Gasteiger partial charge in [0.2, 0.25) is 0 Å². The van der Waals surface area contributed by atoms with Gasteiger partial charge in [0.25, 0.3) is 0 Å². The third-order valence-corrected chi connectivity index (χ3v) is 3.36. The number of hydrogen-bond donors (Lipinski definition) is 2. The molecule has 104 valence electrons. The second-order valence-corrected chi connectivity index (χ2v) is 4.94. The van der Waals surface area contributed by atoms with E-state index in [1.54, 1.807) is 18.3 Å². The minimum atomic E-state index is -0.313. The van der Waals surface area contributed by atoms with Crippen LogP contribution in [0, 0.1) is 23.7 Å². The second kappa shape index (κ2) is 6.70. The van der Waals surface area contributed by atoms with E-state index in [2.05, 4.69) is 29.2 Å². The number of nitrogens with zero attached hydrogens (tertiary/aromatic N) is 1. The van der Waals surface area contributed by atoms with E-state index in [1.807, 2.05) is 18.2 Å². The van der Waals surface area contributed by atoms with Crippen LogP contribution < -0.4 is 10.6 Å². The molecule has 1 aromatic carbocycles. The molecule has 1 unspecified atom stereocenters. The lowest BCUT2D eigenvalue weighted by atomic mass is 10.00. The summed E-state index contributed by atoms with van der Waals surface area (Å²) in [5.41, 5.74) is 2.99. The van der Waals surface area contributed by atoms with Gasteiger partial charge in [-0.05, 0) is 23.8 Å². The summed E-state index contributed by atoms with van der Waals surface area (Å²) in [4.78, 5) is 0. The topological polar surface area (TPSA) is 47.9 Å². The Morgan fingerprint density at radius 1 is 1.48 bits per heavy atom. The summed E-state index contributed by atoms with van der Waals surface area (Å²) in [5, 5.41) is 16.1. The highest BCUT2D eigenvalue weighted by Crippen LogP contribution is 2.20. The van der Waals surface area contributed by atoms with Crippen molar-refractivity contribution >= 4 is 11.6 Å². The van der Waals surface area contributed by atoms with Crippen molar-refractivity contribution in [1.29, 1.82) is 5.26 Å². The fourth-order valence-corrected chi connectivity index (χ4v) is 2.23. The van der Waals surface area contributed by atoms with Crippen molar-refractivity contribution in [3.05, 3.63) is 70.7 Å². The Balaban J connectivity index is 2.15. The summed E-state index contributed by atoms with van der Waals surface area (Å²) in [6, 6.07) is 9.57. The average Bonchev–Trinajstić information content (AvgIpc) is 2.48. The fraction of sp³-hybridized carbons (Fsp3) is 0.118. The molecule has 0 fully saturated rings. The molecule has 1 aliphatic rings. The van der Waals surface area contributed by atoms with E-state index in [1.165, 1.54) is 0 Å². The van der Waals surface area contributed by atoms with Crippen LogP contribution in [0.15, 0.2) is 60.1 Å². The molecular formula is C17H14ClN3. The molecule has 0 amide bonds. The Morgan fingerprint density at radius 3 is 2.95 bits per heavy atom. The molecule has 4 heteroatoms. The Kier molecular flexibility index (Phi) is 4.72. The van der Waals surface area contributed by atoms with Crippen molar-refractivity contribution in [3.8, 4) is 18.4 Å². The zero-order chi connectivity index (χ0) is 15.2. The molecule has 1 aliphatic heterocycles. The van der Waals surface area contributed by atoms with Gasteiger partial charge in [0.15, 0.2) is 0 Å². The van der Waals surface area contributed by atoms with E-state index in [9.17, 15) is 5.26 Å². The Labute approximate surface area is 129 Å². The molecule has 0 bridgehead atoms. The molecule has 2 N–H and O–H groups in total. The first-order valence-corrected chi connectivity index (χ1v) is 6.75. The molecule has 0 saturated heterocycles. The number of terminal acetylenes is 1. The molecule has 2 rings (SSSR count). The molecule has 0 radical (unpaired) electrons. The molecule has 0 aliphatic carbocycles. The van der Waals surface area contributed by atoms with Crippen LogP contribution >= 0.6 is 11.6 Å². The van der Waals surface area contributed by atoms with Crippen LogP contribution in [-0.4, -0.2) is 6.54 Å². The largest absolute Gasteiger partial charge is 0.382 e. The molecule has 1 atom stereocenters. The highest BCUT2D eigenvalue weighted by molar-refractivity contribution is 6.30. The van der Waals surface area contributed by atoms with Gasteiger partial charge in [-0.1, -0.05) is 36.2 Å². The summed E-state index contributed by atoms with van der Waals surface area (Å²) >= 11 is 5.96. The number of halogens is 1. The van der Waals surface area contributed by atoms with Crippen molar-refractivity contribution < 1.29 is 0 Å². The first-order valence-electron chi connectivity index (χ1n) is 6.38. The van der Waals surface area contributed by atoms with Gasteiger partial charge in [0.1, 0.15) is 0 Å². The molecule has 0 aromatic heterocycles. The Hall–Kier alpha value is -2.62. The van der Waals surface area contributed by atoms with Crippen molar-refractivity contribution in [2.24, 2.45) is 0 Å². The van der Waals surface area contributed by atoms with E-state index in [4.69, 9.17) is 18.0 Å². The van der Waals surface area contributed by atoms with Crippen molar-refractivity contribution in [3.63, 3.8) is 0 Å². The summed E-state index contributed by atoms with van der Waals surface area (Å²) < 4.78 is 0. The molecular weight excluding hydrogens is 282 g/mol. The van der Waals surface area contributed by atoms with Gasteiger partial charge in [-0.15, -0.1) is 6.42 Å². The van der Waals surface area contributed by atoms with Gasteiger partial charge in [-0.25, -0.2) is 0 Å². The molecule has 21 heavy (non-hydrogen) atoms. The van der Waals surface area contributed by atoms with Gasteiger partial charge < -0.3 is 10.6 Å². The van der Waals surface area contributed by atoms with E-state index in [-0.39, 0.29) is 5.92 Å². The van der Waals surface area contributed by atoms with Crippen molar-refractivity contribution in [2.45, 2.75) is 5.92 Å². The number of hydrogen-bond acceptors (Lipinski definition) is 3. The first-order chi connectivity index (χ1) is 10.2. The van der Waals surface area contributed by atoms with Crippen molar-refractivity contribution in [2.75, 3.05) is 6.54 Å². The quantitative estimate of drug-likeness (QED) is 0.839. The van der Waals surface area contributed by atoms with Crippen LogP contribution in [0.5, 0.6) is 0 Å². The normalized spacial score (nSPS) is 14.9. The zero-order valence-electron chi connectivity index (χ0n) is 11.4. The summed E-state index contributed by atoms with van der Waals surface area (Å²) in [5.74, 6) is 2.28. The van der Waals surface area contributed by atoms with E-state index >= 15 is 0 Å². The van der Waals surface area contributed by atoms with Crippen LogP contribution in [0.2, 0.25) is 5.02 Å². The van der Waals surface area contributed by atoms with Crippen LogP contribution in [-0.2, 0) is 0 Å². The summed E-state index contributed by atoms with van der Waals surface area (Å²) in [6.45, 7) is 4.29. The van der Waals surface area contributed by atoms with Crippen molar-refractivity contribution in [1.82, 2.24) is 10.6 Å². The predicted octanol–water partition coefficient (Wildman–Crippen LogP) is 3.05. The first kappa shape index (κ1) is 14.8. The lowest BCUT2D eigenvalue weighted by molar-refractivity contribution is 0.737. The third-order valence-electron chi connectivity index (χ3n) is 3.13. The number of allylic oxidation sites excluding steroid dienone is 2. The number of rotatable bonds is 4. The number of nitriles is 1. The minimum Gasteiger partial charge on any atom is -0.382 e. The van der Waals surface area contributed by atoms with Crippen LogP contribution in [0.25, 0.3) is 0 Å². The lowest BCUT2D eigenvalue weighted by Crippen LogP contribution is -2.24. The summed E-state index contributed by atoms with van der Waals surface area (Å²) in [6.07, 6.45) is 9.07. The average molecular weight is 296 g/mol. The SMILES string of the molecule is C#CC1=C(NCC(C#N)c2cccc(Cl)c2)C=CNC1=C. The van der Waals surface area contributed by atoms with Gasteiger partial charge in [-0.3, -0.25) is 0 Å². The number of benzene rings is 1. The number of dihydropyridines is 1. The highest BCUT2D eigenvalue weighted by atomic mass is 35.5. The van der Waals surface area contributed by atoms with Gasteiger partial charge in [0.05, 0.1) is 23.3 Å². The standard InChI is InChI=1S/C17H14ClN3/c1-3-16-12(2)20-8-7-17(16)21-11-14(10-19)13-5-4-6-15(18)9-13/h1,4-9,14,20-21H,2,11H2. The highest BCUT2D eigenvalue weighted by Gasteiger charge is 2.14. The zero-order valence-corrected chi connectivity index (χ0v) is 12.1. The van der Waals surface area contributed by atoms with Crippen LogP contribution in [0.4, 0.5) is 0 Å². The Morgan fingerprint density at radius 2 is 2.29 bits per heavy atom. The van der Waals surface area contributed by atoms with E-state index < -0.39 is 0 Å². The second-order valence-electron chi connectivity index (χ2n) is 4.51. The smallest absolute Gasteiger partial charge is 0.0885 e. The van der Waals surface area contributed by atoms with E-state index in [0.717, 1.165) is 11.3 Å². The van der Waals surface area contributed by atoms with Gasteiger partial charge in [-0.2, -0.15) is 5.26 Å². The molecule has 3 nitrogen and oxygen atoms in total. The number of nitrogens with one attached hydrogen (secondary N) is 2. The molecule has 1 heterocycles. The molecule has 0 spiro atoms. The fourth-order valence-electron chi connectivity index (χ4n) is 2.03. The van der Waals surface area contributed by atoms with E-state index in [0.29, 0.717) is 22.8 Å².